The number of anilines is 4. The Morgan fingerprint density at radius 1 is 0.768 bits per heavy atom. The monoisotopic (exact) mass is 939 g/mol. The fourth-order valence-corrected chi connectivity index (χ4v) is 10.9. The highest BCUT2D eigenvalue weighted by Gasteiger charge is 2.45. The van der Waals surface area contributed by atoms with Gasteiger partial charge in [-0.05, 0) is 80.6 Å². The molecule has 3 aromatic carbocycles. The van der Waals surface area contributed by atoms with Gasteiger partial charge >= 0.3 is 0 Å². The first-order chi connectivity index (χ1) is 33.5. The smallest absolute Gasteiger partial charge is 0.262 e. The van der Waals surface area contributed by atoms with Crippen molar-refractivity contribution in [2.24, 2.45) is 5.92 Å². The highest BCUT2D eigenvalue weighted by molar-refractivity contribution is 6.23. The van der Waals surface area contributed by atoms with Crippen molar-refractivity contribution in [3.63, 3.8) is 0 Å². The lowest BCUT2D eigenvalue weighted by molar-refractivity contribution is -0.136. The molecular weight excluding hydrogens is 883 g/mol. The molecule has 5 fully saturated rings. The van der Waals surface area contributed by atoms with E-state index in [0.717, 1.165) is 73.3 Å². The summed E-state index contributed by atoms with van der Waals surface area (Å²) >= 11 is 0. The number of benzene rings is 3. The van der Waals surface area contributed by atoms with Crippen molar-refractivity contribution in [1.82, 2.24) is 35.5 Å². The van der Waals surface area contributed by atoms with Crippen LogP contribution in [0, 0.1) is 5.92 Å². The molecule has 360 valence electrons. The minimum atomic E-state index is -1.02. The van der Waals surface area contributed by atoms with Crippen LogP contribution in [0.2, 0.25) is 0 Å². The van der Waals surface area contributed by atoms with E-state index in [9.17, 15) is 33.9 Å². The number of nitrogens with two attached hydrogens (primary N) is 1. The fraction of sp³-hybridized carbons (Fsp3) is 0.440. The first-order valence-corrected chi connectivity index (χ1v) is 24.0. The van der Waals surface area contributed by atoms with Gasteiger partial charge in [0.25, 0.3) is 11.8 Å². The van der Waals surface area contributed by atoms with Crippen molar-refractivity contribution >= 4 is 58.3 Å². The van der Waals surface area contributed by atoms with Crippen LogP contribution >= 0.6 is 0 Å². The van der Waals surface area contributed by atoms with Crippen molar-refractivity contribution in [2.75, 3.05) is 92.5 Å². The molecule has 3 atom stereocenters. The summed E-state index contributed by atoms with van der Waals surface area (Å²) in [5.74, 6) is -1.08. The van der Waals surface area contributed by atoms with Gasteiger partial charge < -0.3 is 40.5 Å². The van der Waals surface area contributed by atoms with Gasteiger partial charge in [0.05, 0.1) is 22.5 Å². The number of imide groups is 2. The van der Waals surface area contributed by atoms with Gasteiger partial charge in [-0.1, -0.05) is 18.2 Å². The summed E-state index contributed by atoms with van der Waals surface area (Å²) in [7, 11) is 0. The molecule has 0 radical (unpaired) electrons. The summed E-state index contributed by atoms with van der Waals surface area (Å²) in [6.45, 7) is 6.97. The van der Waals surface area contributed by atoms with Gasteiger partial charge in [-0.3, -0.25) is 43.9 Å². The zero-order valence-electron chi connectivity index (χ0n) is 38.4. The molecule has 6 amide bonds. The van der Waals surface area contributed by atoms with Gasteiger partial charge in [-0.15, -0.1) is 10.2 Å². The number of rotatable bonds is 13. The zero-order valence-corrected chi connectivity index (χ0v) is 38.4. The number of aromatic hydroxyl groups is 1. The van der Waals surface area contributed by atoms with Gasteiger partial charge in [-0.25, -0.2) is 0 Å². The lowest BCUT2D eigenvalue weighted by Crippen LogP contribution is -2.54. The average molecular weight is 940 g/mol. The van der Waals surface area contributed by atoms with E-state index in [1.165, 1.54) is 0 Å². The van der Waals surface area contributed by atoms with Crippen LogP contribution in [0.15, 0.2) is 72.8 Å². The number of phenols is 1. The number of para-hydroxylation sites is 1. The normalized spacial score (nSPS) is 22.0. The van der Waals surface area contributed by atoms with E-state index in [0.29, 0.717) is 74.8 Å². The van der Waals surface area contributed by atoms with Gasteiger partial charge in [0.15, 0.2) is 5.82 Å². The average Bonchev–Trinajstić information content (AvgIpc) is 3.77. The number of fused-ring (bicyclic) bond motifs is 3. The fourth-order valence-electron chi connectivity index (χ4n) is 10.9. The van der Waals surface area contributed by atoms with Crippen molar-refractivity contribution in [3.05, 3.63) is 83.9 Å². The minimum absolute atomic E-state index is 0.0200. The number of carbonyl (C=O) groups excluding carboxylic acids is 6. The summed E-state index contributed by atoms with van der Waals surface area (Å²) in [5.41, 5.74) is 10.7. The van der Waals surface area contributed by atoms with Gasteiger partial charge in [0.1, 0.15) is 24.1 Å². The molecule has 0 aliphatic carbocycles. The molecular formula is C50H57N11O8. The first-order valence-electron chi connectivity index (χ1n) is 24.0. The number of piperazine rings is 2. The second-order valence-electron chi connectivity index (χ2n) is 18.8. The second kappa shape index (κ2) is 19.4. The SMILES string of the molecule is Nc1nnc(-c2ccccc2O)cc1N1CC2CCC(C1)N2c1cccc(OCCN2CCN(C(=O)CCNC(=O)C3CCN(c4ccc5c(c4)C(=O)N(C4CCC(=O)NC4=O)C5=O)CC3)CC2)c1. The summed E-state index contributed by atoms with van der Waals surface area (Å²) in [4.78, 5) is 88.8. The number of carbonyl (C=O) groups is 6. The van der Waals surface area contributed by atoms with Crippen LogP contribution in [-0.2, 0) is 19.2 Å². The molecule has 69 heavy (non-hydrogen) atoms. The highest BCUT2D eigenvalue weighted by atomic mass is 16.5. The molecule has 10 rings (SSSR count). The first kappa shape index (κ1) is 45.5. The Balaban J connectivity index is 0.628. The van der Waals surface area contributed by atoms with E-state index in [1.54, 1.807) is 30.3 Å². The van der Waals surface area contributed by atoms with Crippen LogP contribution < -0.4 is 35.8 Å². The largest absolute Gasteiger partial charge is 0.507 e. The number of aromatic nitrogens is 2. The van der Waals surface area contributed by atoms with Crippen molar-refractivity contribution in [1.29, 1.82) is 0 Å². The number of hydrogen-bond donors (Lipinski definition) is 4. The predicted molar refractivity (Wildman–Crippen MR) is 256 cm³/mol. The predicted octanol–water partition coefficient (Wildman–Crippen LogP) is 2.64. The summed E-state index contributed by atoms with van der Waals surface area (Å²) in [6, 6.07) is 22.0. The van der Waals surface area contributed by atoms with Crippen molar-refractivity contribution in [2.45, 2.75) is 63.1 Å². The topological polar surface area (TPSA) is 227 Å². The van der Waals surface area contributed by atoms with E-state index in [1.807, 2.05) is 35.2 Å². The number of hydrogen-bond acceptors (Lipinski definition) is 15. The molecule has 5 saturated heterocycles. The minimum Gasteiger partial charge on any atom is -0.507 e. The standard InChI is InChI=1S/C50H57N11O8/c51-46-42(28-40(54-55-46)38-6-1-2-7-43(38)62)59-29-34-8-9-35(30-59)60(34)33-4-3-5-36(26-33)69-25-24-56-20-22-58(23-21-56)45(64)14-17-52-47(65)31-15-18-57(19-16-31)32-10-11-37-39(27-32)50(68)61(49(37)67)41-12-13-44(63)53-48(41)66/h1-7,10-11,26-28,31,34-35,41,62H,8-9,12-25,29-30H2,(H2,51,55)(H,52,65)(H,53,63,66). The molecule has 19 nitrogen and oxygen atoms in total. The third-order valence-electron chi connectivity index (χ3n) is 14.6. The Morgan fingerprint density at radius 3 is 2.28 bits per heavy atom. The van der Waals surface area contributed by atoms with Crippen LogP contribution in [0.1, 0.15) is 65.7 Å². The maximum absolute atomic E-state index is 13.3. The molecule has 6 aliphatic rings. The molecule has 0 saturated carbocycles. The third kappa shape index (κ3) is 9.34. The van der Waals surface area contributed by atoms with Gasteiger partial charge in [0, 0.05) is 119 Å². The van der Waals surface area contributed by atoms with Crippen LogP contribution in [0.5, 0.6) is 11.5 Å². The highest BCUT2D eigenvalue weighted by Crippen LogP contribution is 2.40. The second-order valence-corrected chi connectivity index (χ2v) is 18.8. The van der Waals surface area contributed by atoms with Crippen LogP contribution in [0.25, 0.3) is 11.3 Å². The number of piperidine rings is 2. The molecule has 3 unspecified atom stereocenters. The van der Waals surface area contributed by atoms with E-state index in [-0.39, 0.29) is 60.4 Å². The quantitative estimate of drug-likeness (QED) is 0.141. The Kier molecular flexibility index (Phi) is 12.8. The molecule has 7 heterocycles. The van der Waals surface area contributed by atoms with Crippen LogP contribution in [0.4, 0.5) is 22.9 Å². The Morgan fingerprint density at radius 2 is 1.52 bits per heavy atom. The van der Waals surface area contributed by atoms with Gasteiger partial charge in [-0.2, -0.15) is 0 Å². The van der Waals surface area contributed by atoms with E-state index >= 15 is 0 Å². The molecule has 19 heteroatoms. The lowest BCUT2D eigenvalue weighted by atomic mass is 9.95. The van der Waals surface area contributed by atoms with Gasteiger partial charge in [0.2, 0.25) is 23.6 Å². The van der Waals surface area contributed by atoms with E-state index in [4.69, 9.17) is 10.5 Å². The number of nitrogens with zero attached hydrogens (tertiary/aromatic N) is 8. The summed E-state index contributed by atoms with van der Waals surface area (Å²) in [5, 5.41) is 24.1. The summed E-state index contributed by atoms with van der Waals surface area (Å²) < 4.78 is 6.28. The number of ether oxygens (including phenoxy) is 1. The Hall–Kier alpha value is -7.28. The zero-order chi connectivity index (χ0) is 47.8. The number of phenolic OH excluding ortho intramolecular Hbond substituents is 1. The van der Waals surface area contributed by atoms with E-state index in [2.05, 4.69) is 52.6 Å². The van der Waals surface area contributed by atoms with Crippen molar-refractivity contribution < 1.29 is 38.6 Å². The number of amides is 6. The number of nitrogens with one attached hydrogen (secondary N) is 2. The van der Waals surface area contributed by atoms with Crippen LogP contribution in [-0.4, -0.2) is 156 Å². The summed E-state index contributed by atoms with van der Waals surface area (Å²) in [6.07, 6.45) is 3.70. The van der Waals surface area contributed by atoms with Crippen LogP contribution in [0.3, 0.4) is 0 Å². The lowest BCUT2D eigenvalue weighted by Gasteiger charge is -2.43. The third-order valence-corrected chi connectivity index (χ3v) is 14.6. The molecule has 6 aliphatic heterocycles. The molecule has 0 spiro atoms. The molecule has 5 N–H and O–H groups in total. The molecule has 1 aromatic heterocycles. The molecule has 4 aromatic rings. The molecule has 2 bridgehead atoms. The maximum atomic E-state index is 13.3. The number of nitrogen functional groups attached to an aromatic ring is 1. The maximum Gasteiger partial charge on any atom is 0.262 e. The van der Waals surface area contributed by atoms with E-state index < -0.39 is 29.7 Å². The Labute approximate surface area is 399 Å². The van der Waals surface area contributed by atoms with Crippen molar-refractivity contribution in [3.8, 4) is 22.8 Å². The Bertz CT molecular complexity index is 2650.